The van der Waals surface area contributed by atoms with E-state index in [1.54, 1.807) is 13.8 Å². The Balaban J connectivity index is 3.18. The summed E-state index contributed by atoms with van der Waals surface area (Å²) in [5.41, 5.74) is 0.843. The number of carbonyl (C=O) groups excluding carboxylic acids is 2. The highest BCUT2D eigenvalue weighted by Gasteiger charge is 2.25. The maximum Gasteiger partial charge on any atom is 0.203 e. The first-order chi connectivity index (χ1) is 5.04. The van der Waals surface area contributed by atoms with Crippen LogP contribution in [0.25, 0.3) is 0 Å². The molecule has 0 aromatic rings. The third kappa shape index (κ3) is 1.13. The van der Waals surface area contributed by atoms with Crippen LogP contribution in [0.2, 0.25) is 0 Å². The topological polar surface area (TPSA) is 58.0 Å². The molecule has 1 rings (SSSR count). The van der Waals surface area contributed by atoms with Gasteiger partial charge in [-0.15, -0.1) is 0 Å². The lowest BCUT2D eigenvalue weighted by molar-refractivity contribution is -0.117. The molecule has 0 aromatic heterocycles. The molecule has 0 fully saturated rings. The maximum absolute atomic E-state index is 11.0. The molecular formula is C8H9NO2. The molecule has 0 spiro atoms. The van der Waals surface area contributed by atoms with E-state index in [1.807, 2.05) is 0 Å². The van der Waals surface area contributed by atoms with Crippen molar-refractivity contribution in [2.75, 3.05) is 0 Å². The van der Waals surface area contributed by atoms with Gasteiger partial charge in [-0.2, -0.15) is 0 Å². The molecule has 0 saturated heterocycles. The Kier molecular flexibility index (Phi) is 1.72. The summed E-state index contributed by atoms with van der Waals surface area (Å²) in [5.74, 6) is -0.394. The third-order valence-electron chi connectivity index (χ3n) is 1.93. The second-order valence-electron chi connectivity index (χ2n) is 2.66. The van der Waals surface area contributed by atoms with Gasteiger partial charge >= 0.3 is 0 Å². The van der Waals surface area contributed by atoms with E-state index in [0.29, 0.717) is 11.1 Å². The van der Waals surface area contributed by atoms with Crippen molar-refractivity contribution in [2.45, 2.75) is 20.3 Å². The van der Waals surface area contributed by atoms with E-state index in [1.165, 1.54) is 0 Å². The number of hydrogen-bond donors (Lipinski definition) is 1. The molecule has 0 atom stereocenters. The fourth-order valence-electron chi connectivity index (χ4n) is 0.979. The van der Waals surface area contributed by atoms with E-state index in [4.69, 9.17) is 5.41 Å². The number of Topliss-reactive ketones (excluding diaryl/α,β-unsaturated/α-hetero) is 2. The highest BCUT2D eigenvalue weighted by atomic mass is 16.1. The molecule has 1 N–H and O–H groups in total. The average Bonchev–Trinajstić information content (AvgIpc) is 1.97. The summed E-state index contributed by atoms with van der Waals surface area (Å²) in [5, 5.41) is 7.14. The van der Waals surface area contributed by atoms with E-state index in [2.05, 4.69) is 0 Å². The van der Waals surface area contributed by atoms with Gasteiger partial charge in [0.1, 0.15) is 0 Å². The van der Waals surface area contributed by atoms with Gasteiger partial charge in [0.25, 0.3) is 0 Å². The van der Waals surface area contributed by atoms with Gasteiger partial charge in [0.05, 0.1) is 12.1 Å². The largest absolute Gasteiger partial charge is 0.301 e. The maximum atomic E-state index is 11.0. The van der Waals surface area contributed by atoms with Gasteiger partial charge in [-0.05, 0) is 19.4 Å². The van der Waals surface area contributed by atoms with Crippen LogP contribution in [-0.2, 0) is 9.59 Å². The Hall–Kier alpha value is -1.25. The second-order valence-corrected chi connectivity index (χ2v) is 2.66. The summed E-state index contributed by atoms with van der Waals surface area (Å²) < 4.78 is 0. The first kappa shape index (κ1) is 7.85. The van der Waals surface area contributed by atoms with Crippen molar-refractivity contribution in [2.24, 2.45) is 0 Å². The molecular weight excluding hydrogens is 142 g/mol. The van der Waals surface area contributed by atoms with Gasteiger partial charge in [-0.3, -0.25) is 9.59 Å². The zero-order valence-electron chi connectivity index (χ0n) is 6.52. The third-order valence-corrected chi connectivity index (χ3v) is 1.93. The first-order valence-corrected chi connectivity index (χ1v) is 3.37. The number of carbonyl (C=O) groups is 2. The van der Waals surface area contributed by atoms with Crippen LogP contribution in [0.3, 0.4) is 0 Å². The van der Waals surface area contributed by atoms with Crippen LogP contribution in [0, 0.1) is 5.41 Å². The Morgan fingerprint density at radius 1 is 1.18 bits per heavy atom. The van der Waals surface area contributed by atoms with Crippen LogP contribution >= 0.6 is 0 Å². The van der Waals surface area contributed by atoms with Crippen molar-refractivity contribution in [3.8, 4) is 0 Å². The number of hydrogen-bond acceptors (Lipinski definition) is 3. The van der Waals surface area contributed by atoms with Gasteiger partial charge in [0, 0.05) is 5.57 Å². The quantitative estimate of drug-likeness (QED) is 0.558. The van der Waals surface area contributed by atoms with Gasteiger partial charge in [-0.1, -0.05) is 0 Å². The molecule has 1 aliphatic carbocycles. The van der Waals surface area contributed by atoms with Crippen LogP contribution < -0.4 is 0 Å². The summed E-state index contributed by atoms with van der Waals surface area (Å²) in [6.07, 6.45) is -0.0258. The smallest absolute Gasteiger partial charge is 0.203 e. The molecule has 58 valence electrons. The van der Waals surface area contributed by atoms with Crippen molar-refractivity contribution >= 4 is 17.3 Å². The number of nitrogens with one attached hydrogen (secondary N) is 1. The first-order valence-electron chi connectivity index (χ1n) is 3.37. The highest BCUT2D eigenvalue weighted by Crippen LogP contribution is 2.15. The monoisotopic (exact) mass is 151 g/mol. The number of allylic oxidation sites excluding steroid dienone is 2. The minimum Gasteiger partial charge on any atom is -0.301 e. The van der Waals surface area contributed by atoms with Crippen LogP contribution in [0.1, 0.15) is 20.3 Å². The average molecular weight is 151 g/mol. The molecule has 3 heteroatoms. The van der Waals surface area contributed by atoms with Crippen LogP contribution in [0.5, 0.6) is 0 Å². The Morgan fingerprint density at radius 3 is 2.27 bits per heavy atom. The van der Waals surface area contributed by atoms with Crippen LogP contribution in [0.15, 0.2) is 11.1 Å². The molecule has 11 heavy (non-hydrogen) atoms. The van der Waals surface area contributed by atoms with Gasteiger partial charge in [0.2, 0.25) is 5.78 Å². The van der Waals surface area contributed by atoms with E-state index in [-0.39, 0.29) is 23.7 Å². The van der Waals surface area contributed by atoms with E-state index in [0.717, 1.165) is 0 Å². The van der Waals surface area contributed by atoms with E-state index >= 15 is 0 Å². The lowest BCUT2D eigenvalue weighted by Crippen LogP contribution is -2.25. The van der Waals surface area contributed by atoms with Crippen molar-refractivity contribution in [3.05, 3.63) is 11.1 Å². The van der Waals surface area contributed by atoms with Crippen molar-refractivity contribution in [1.29, 1.82) is 5.41 Å². The second kappa shape index (κ2) is 2.42. The molecule has 0 saturated carbocycles. The molecule has 0 aromatic carbocycles. The number of ketones is 2. The Morgan fingerprint density at radius 2 is 1.73 bits per heavy atom. The highest BCUT2D eigenvalue weighted by molar-refractivity contribution is 6.50. The van der Waals surface area contributed by atoms with E-state index < -0.39 is 0 Å². The Bertz CT molecular complexity index is 286. The van der Waals surface area contributed by atoms with E-state index in [9.17, 15) is 9.59 Å². The Labute approximate surface area is 64.6 Å². The molecule has 1 aliphatic rings. The van der Waals surface area contributed by atoms with Crippen LogP contribution in [0.4, 0.5) is 0 Å². The standard InChI is InChI=1S/C8H9NO2/c1-4-5(2)8(11)6(9)3-7(4)10/h9H,3H2,1-2H3. The molecule has 0 radical (unpaired) electrons. The predicted octanol–water partition coefficient (Wildman–Crippen LogP) is 0.884. The zero-order valence-corrected chi connectivity index (χ0v) is 6.52. The zero-order chi connectivity index (χ0) is 8.59. The molecule has 0 aliphatic heterocycles. The lowest BCUT2D eigenvalue weighted by Gasteiger charge is -2.12. The van der Waals surface area contributed by atoms with Crippen LogP contribution in [-0.4, -0.2) is 17.3 Å². The molecule has 0 unspecified atom stereocenters. The number of rotatable bonds is 0. The van der Waals surface area contributed by atoms with Gasteiger partial charge in [0.15, 0.2) is 5.78 Å². The SMILES string of the molecule is CC1=C(C)C(=O)C(=N)CC1=O. The molecule has 0 amide bonds. The van der Waals surface area contributed by atoms with Gasteiger partial charge < -0.3 is 5.41 Å². The van der Waals surface area contributed by atoms with Crippen molar-refractivity contribution < 1.29 is 9.59 Å². The summed E-state index contributed by atoms with van der Waals surface area (Å²) in [7, 11) is 0. The van der Waals surface area contributed by atoms with Crippen molar-refractivity contribution in [1.82, 2.24) is 0 Å². The fourth-order valence-corrected chi connectivity index (χ4v) is 0.979. The minimum absolute atomic E-state index is 0.0258. The normalized spacial score (nSPS) is 19.6. The minimum atomic E-state index is -0.290. The van der Waals surface area contributed by atoms with Crippen molar-refractivity contribution in [3.63, 3.8) is 0 Å². The summed E-state index contributed by atoms with van der Waals surface area (Å²) >= 11 is 0. The molecule has 0 bridgehead atoms. The fraction of sp³-hybridized carbons (Fsp3) is 0.375. The predicted molar refractivity (Wildman–Crippen MR) is 40.7 cm³/mol. The molecule has 3 nitrogen and oxygen atoms in total. The summed E-state index contributed by atoms with van der Waals surface area (Å²) in [6.45, 7) is 3.21. The lowest BCUT2D eigenvalue weighted by atomic mass is 9.90. The van der Waals surface area contributed by atoms with Gasteiger partial charge in [-0.25, -0.2) is 0 Å². The summed E-state index contributed by atoms with van der Waals surface area (Å²) in [6, 6.07) is 0. The molecule has 0 heterocycles. The summed E-state index contributed by atoms with van der Waals surface area (Å²) in [4.78, 5) is 22.1.